The smallest absolute Gasteiger partial charge is 0.0967 e. The van der Waals surface area contributed by atoms with Crippen molar-refractivity contribution in [1.29, 1.82) is 0 Å². The van der Waals surface area contributed by atoms with Gasteiger partial charge in [0.2, 0.25) is 0 Å². The van der Waals surface area contributed by atoms with Crippen molar-refractivity contribution in [3.05, 3.63) is 35.7 Å². The summed E-state index contributed by atoms with van der Waals surface area (Å²) < 4.78 is 6.31. The highest BCUT2D eigenvalue weighted by molar-refractivity contribution is 5.01. The van der Waals surface area contributed by atoms with Crippen LogP contribution in [0.5, 0.6) is 0 Å². The van der Waals surface area contributed by atoms with Crippen molar-refractivity contribution in [2.45, 2.75) is 134 Å². The predicted molar refractivity (Wildman–Crippen MR) is 139 cm³/mol. The van der Waals surface area contributed by atoms with Gasteiger partial charge in [0.1, 0.15) is 0 Å². The third-order valence-corrected chi connectivity index (χ3v) is 8.68. The lowest BCUT2D eigenvalue weighted by atomic mass is 9.96. The number of hydrogen-bond donors (Lipinski definition) is 0. The molecule has 0 aliphatic heterocycles. The molecule has 0 spiro atoms. The maximum absolute atomic E-state index is 4.56. The minimum atomic E-state index is 0.495. The van der Waals surface area contributed by atoms with E-state index in [1.54, 1.807) is 0 Å². The van der Waals surface area contributed by atoms with Gasteiger partial charge in [0.05, 0.1) is 53.8 Å². The van der Waals surface area contributed by atoms with E-state index in [-0.39, 0.29) is 0 Å². The molecule has 3 heterocycles. The van der Waals surface area contributed by atoms with E-state index in [1.165, 1.54) is 96.3 Å². The highest BCUT2D eigenvalue weighted by atomic mass is 15.5. The molecule has 200 valence electrons. The zero-order valence-corrected chi connectivity index (χ0v) is 22.2. The average Bonchev–Trinajstić information content (AvgIpc) is 3.72. The zero-order chi connectivity index (χ0) is 24.9. The summed E-state index contributed by atoms with van der Waals surface area (Å²) in [5.41, 5.74) is 3.01. The Hall–Kier alpha value is -2.62. The first-order valence-electron chi connectivity index (χ1n) is 14.7. The van der Waals surface area contributed by atoms with Crippen LogP contribution in [0, 0.1) is 0 Å². The van der Waals surface area contributed by atoms with E-state index in [2.05, 4.69) is 68.5 Å². The molecule has 10 heteroatoms. The lowest BCUT2D eigenvalue weighted by Crippen LogP contribution is -2.23. The minimum absolute atomic E-state index is 0.495. The largest absolute Gasteiger partial charge is 0.285 e. The van der Waals surface area contributed by atoms with Gasteiger partial charge < -0.3 is 0 Å². The summed E-state index contributed by atoms with van der Waals surface area (Å²) in [6.45, 7) is 2.12. The molecule has 3 saturated carbocycles. The van der Waals surface area contributed by atoms with Gasteiger partial charge in [-0.2, -0.15) is 0 Å². The Bertz CT molecular complexity index is 960. The third kappa shape index (κ3) is 6.27. The lowest BCUT2D eigenvalue weighted by Gasteiger charge is -2.22. The highest BCUT2D eigenvalue weighted by Gasteiger charge is 2.22. The van der Waals surface area contributed by atoms with E-state index in [1.807, 2.05) is 0 Å². The topological polar surface area (TPSA) is 95.4 Å². The van der Waals surface area contributed by atoms with Gasteiger partial charge in [-0.1, -0.05) is 73.4 Å². The summed E-state index contributed by atoms with van der Waals surface area (Å²) in [5, 5.41) is 27.2. The number of hydrogen-bond acceptors (Lipinski definition) is 7. The van der Waals surface area contributed by atoms with E-state index < -0.39 is 0 Å². The SMILES string of the molecule is c1c(CN(Cc2cn(C3CCCCC3)nn2)Cc2cn(C3CCCCC3)nn2)nnn1C1CCCCC1. The molecule has 3 aromatic heterocycles. The molecule has 0 bridgehead atoms. The second-order valence-corrected chi connectivity index (χ2v) is 11.6. The Labute approximate surface area is 219 Å². The van der Waals surface area contributed by atoms with Crippen LogP contribution in [0.15, 0.2) is 18.6 Å². The van der Waals surface area contributed by atoms with E-state index in [4.69, 9.17) is 0 Å². The van der Waals surface area contributed by atoms with Gasteiger partial charge in [0, 0.05) is 19.6 Å². The second kappa shape index (κ2) is 11.8. The summed E-state index contributed by atoms with van der Waals surface area (Å²) in [6, 6.07) is 1.48. The van der Waals surface area contributed by atoms with Crippen LogP contribution in [-0.2, 0) is 19.6 Å². The molecular weight excluding hydrogens is 464 g/mol. The first-order chi connectivity index (χ1) is 18.3. The van der Waals surface area contributed by atoms with Crippen molar-refractivity contribution in [2.24, 2.45) is 0 Å². The molecule has 0 N–H and O–H groups in total. The fourth-order valence-electron chi connectivity index (χ4n) is 6.58. The maximum atomic E-state index is 4.56. The molecule has 3 aromatic rings. The van der Waals surface area contributed by atoms with Crippen LogP contribution in [0.1, 0.15) is 132 Å². The molecule has 3 aliphatic carbocycles. The van der Waals surface area contributed by atoms with Crippen LogP contribution in [0.3, 0.4) is 0 Å². The highest BCUT2D eigenvalue weighted by Crippen LogP contribution is 2.29. The summed E-state index contributed by atoms with van der Waals surface area (Å²) >= 11 is 0. The Morgan fingerprint density at radius 3 is 1.08 bits per heavy atom. The minimum Gasteiger partial charge on any atom is -0.285 e. The van der Waals surface area contributed by atoms with Crippen LogP contribution in [0.2, 0.25) is 0 Å². The molecule has 37 heavy (non-hydrogen) atoms. The van der Waals surface area contributed by atoms with Crippen LogP contribution in [-0.4, -0.2) is 49.9 Å². The van der Waals surface area contributed by atoms with Gasteiger partial charge in [-0.15, -0.1) is 15.3 Å². The molecule has 10 nitrogen and oxygen atoms in total. The quantitative estimate of drug-likeness (QED) is 0.395. The molecule has 0 atom stereocenters. The molecular formula is C27H42N10. The average molecular weight is 507 g/mol. The Balaban J connectivity index is 1.16. The van der Waals surface area contributed by atoms with Crippen molar-refractivity contribution < 1.29 is 0 Å². The fraction of sp³-hybridized carbons (Fsp3) is 0.778. The molecule has 0 radical (unpaired) electrons. The van der Waals surface area contributed by atoms with Crippen molar-refractivity contribution in [3.8, 4) is 0 Å². The third-order valence-electron chi connectivity index (χ3n) is 8.68. The van der Waals surface area contributed by atoms with Crippen molar-refractivity contribution in [3.63, 3.8) is 0 Å². The monoisotopic (exact) mass is 506 g/mol. The molecule has 0 unspecified atom stereocenters. The molecule has 3 fully saturated rings. The number of rotatable bonds is 9. The second-order valence-electron chi connectivity index (χ2n) is 11.6. The summed E-state index contributed by atoms with van der Waals surface area (Å²) in [6.07, 6.45) is 25.5. The van der Waals surface area contributed by atoms with Crippen LogP contribution in [0.4, 0.5) is 0 Å². The van der Waals surface area contributed by atoms with Crippen LogP contribution in [0.25, 0.3) is 0 Å². The normalized spacial score (nSPS) is 20.7. The van der Waals surface area contributed by atoms with Gasteiger partial charge in [-0.3, -0.25) is 4.90 Å². The van der Waals surface area contributed by atoms with E-state index in [0.717, 1.165) is 17.1 Å². The van der Waals surface area contributed by atoms with Crippen LogP contribution >= 0.6 is 0 Å². The van der Waals surface area contributed by atoms with Gasteiger partial charge in [-0.05, 0) is 38.5 Å². The zero-order valence-electron chi connectivity index (χ0n) is 22.2. The van der Waals surface area contributed by atoms with Gasteiger partial charge in [0.15, 0.2) is 0 Å². The number of aromatic nitrogens is 9. The maximum Gasteiger partial charge on any atom is 0.0967 e. The lowest BCUT2D eigenvalue weighted by molar-refractivity contribution is 0.238. The molecule has 0 amide bonds. The van der Waals surface area contributed by atoms with E-state index in [9.17, 15) is 0 Å². The number of nitrogens with zero attached hydrogens (tertiary/aromatic N) is 10. The van der Waals surface area contributed by atoms with Crippen molar-refractivity contribution in [2.75, 3.05) is 0 Å². The predicted octanol–water partition coefficient (Wildman–Crippen LogP) is 5.18. The molecule has 0 saturated heterocycles. The van der Waals surface area contributed by atoms with Gasteiger partial charge >= 0.3 is 0 Å². The molecule has 6 rings (SSSR count). The van der Waals surface area contributed by atoms with Crippen molar-refractivity contribution >= 4 is 0 Å². The summed E-state index contributed by atoms with van der Waals surface area (Å²) in [7, 11) is 0. The Morgan fingerprint density at radius 1 is 0.486 bits per heavy atom. The first kappa shape index (κ1) is 24.7. The molecule has 3 aliphatic rings. The van der Waals surface area contributed by atoms with Crippen LogP contribution < -0.4 is 0 Å². The first-order valence-corrected chi connectivity index (χ1v) is 14.7. The standard InChI is InChI=1S/C27H42N10/c1-4-10-25(11-5-1)35-19-22(28-31-35)16-34(17-23-20-36(32-29-23)26-12-6-2-7-13-26)18-24-21-37(33-30-24)27-14-8-3-9-15-27/h19-21,25-27H,1-18H2. The van der Waals surface area contributed by atoms with E-state index in [0.29, 0.717) is 37.8 Å². The van der Waals surface area contributed by atoms with Crippen molar-refractivity contribution in [1.82, 2.24) is 49.9 Å². The van der Waals surface area contributed by atoms with E-state index >= 15 is 0 Å². The Kier molecular flexibility index (Phi) is 7.90. The molecule has 0 aromatic carbocycles. The Morgan fingerprint density at radius 2 is 0.784 bits per heavy atom. The van der Waals surface area contributed by atoms with Gasteiger partial charge in [-0.25, -0.2) is 14.0 Å². The van der Waals surface area contributed by atoms with Gasteiger partial charge in [0.25, 0.3) is 0 Å². The summed E-state index contributed by atoms with van der Waals surface area (Å²) in [5.74, 6) is 0. The fourth-order valence-corrected chi connectivity index (χ4v) is 6.58. The summed E-state index contributed by atoms with van der Waals surface area (Å²) in [4.78, 5) is 2.36.